The Kier molecular flexibility index (Phi) is 5.70. The third kappa shape index (κ3) is 4.79. The van der Waals surface area contributed by atoms with Crippen molar-refractivity contribution in [3.8, 4) is 0 Å². The van der Waals surface area contributed by atoms with E-state index in [2.05, 4.69) is 29.1 Å². The first-order valence-electron chi connectivity index (χ1n) is 7.01. The topological polar surface area (TPSA) is 37.8 Å². The number of aryl methyl sites for hydroxylation is 1. The number of halogens is 1. The predicted molar refractivity (Wildman–Crippen MR) is 83.8 cm³/mol. The maximum atomic E-state index is 14.1. The van der Waals surface area contributed by atoms with Crippen LogP contribution in [0.1, 0.15) is 25.0 Å². The van der Waals surface area contributed by atoms with Crippen molar-refractivity contribution in [2.75, 3.05) is 6.54 Å². The van der Waals surface area contributed by atoms with E-state index in [1.165, 1.54) is 17.8 Å². The maximum absolute atomic E-state index is 14.1. The second-order valence-corrected chi connectivity index (χ2v) is 6.38. The summed E-state index contributed by atoms with van der Waals surface area (Å²) in [5, 5.41) is 3.91. The van der Waals surface area contributed by atoms with Crippen molar-refractivity contribution in [3.05, 3.63) is 47.5 Å². The summed E-state index contributed by atoms with van der Waals surface area (Å²) in [6.45, 7) is 7.77. The van der Waals surface area contributed by atoms with Gasteiger partial charge in [-0.15, -0.1) is 0 Å². The molecule has 21 heavy (non-hydrogen) atoms. The van der Waals surface area contributed by atoms with Crippen LogP contribution in [0.5, 0.6) is 0 Å². The van der Waals surface area contributed by atoms with Gasteiger partial charge in [0.2, 0.25) is 0 Å². The van der Waals surface area contributed by atoms with Crippen LogP contribution < -0.4 is 5.32 Å². The minimum atomic E-state index is -0.229. The zero-order valence-corrected chi connectivity index (χ0v) is 13.4. The molecule has 5 heteroatoms. The molecule has 0 bridgehead atoms. The molecule has 112 valence electrons. The molecule has 0 unspecified atom stereocenters. The van der Waals surface area contributed by atoms with E-state index in [4.69, 9.17) is 0 Å². The number of hydrogen-bond donors (Lipinski definition) is 1. The molecule has 0 aliphatic rings. The Morgan fingerprint density at radius 3 is 2.62 bits per heavy atom. The third-order valence-electron chi connectivity index (χ3n) is 2.87. The molecular weight excluding hydrogens is 285 g/mol. The molecule has 2 rings (SSSR count). The van der Waals surface area contributed by atoms with Gasteiger partial charge in [0, 0.05) is 18.9 Å². The van der Waals surface area contributed by atoms with Crippen LogP contribution in [0, 0.1) is 18.7 Å². The summed E-state index contributed by atoms with van der Waals surface area (Å²) in [5.41, 5.74) is 1.93. The zero-order chi connectivity index (χ0) is 15.2. The van der Waals surface area contributed by atoms with Crippen LogP contribution in [0.2, 0.25) is 0 Å². The van der Waals surface area contributed by atoms with Crippen molar-refractivity contribution < 1.29 is 4.39 Å². The van der Waals surface area contributed by atoms with Crippen molar-refractivity contribution in [2.24, 2.45) is 5.92 Å². The monoisotopic (exact) mass is 305 g/mol. The number of rotatable bonds is 6. The molecule has 1 N–H and O–H groups in total. The molecule has 0 spiro atoms. The van der Waals surface area contributed by atoms with E-state index in [1.807, 2.05) is 13.0 Å². The quantitative estimate of drug-likeness (QED) is 0.823. The Bertz CT molecular complexity index is 585. The van der Waals surface area contributed by atoms with Crippen LogP contribution >= 0.6 is 11.8 Å². The average Bonchev–Trinajstić information content (AvgIpc) is 2.44. The van der Waals surface area contributed by atoms with Crippen molar-refractivity contribution in [1.82, 2.24) is 15.3 Å². The summed E-state index contributed by atoms with van der Waals surface area (Å²) >= 11 is 1.27. The highest BCUT2D eigenvalue weighted by Gasteiger charge is 2.11. The molecule has 3 nitrogen and oxygen atoms in total. The number of benzene rings is 1. The van der Waals surface area contributed by atoms with Crippen LogP contribution in [-0.2, 0) is 6.54 Å². The molecule has 0 saturated carbocycles. The lowest BCUT2D eigenvalue weighted by Gasteiger charge is -2.12. The molecule has 0 saturated heterocycles. The molecular formula is C16H20FN3S. The van der Waals surface area contributed by atoms with Crippen molar-refractivity contribution in [1.29, 1.82) is 0 Å². The minimum Gasteiger partial charge on any atom is -0.312 e. The molecule has 0 radical (unpaired) electrons. The largest absolute Gasteiger partial charge is 0.312 e. The van der Waals surface area contributed by atoms with Gasteiger partial charge in [0.15, 0.2) is 5.16 Å². The van der Waals surface area contributed by atoms with Gasteiger partial charge in [-0.25, -0.2) is 14.4 Å². The molecule has 0 atom stereocenters. The Hall–Kier alpha value is -1.46. The first-order valence-corrected chi connectivity index (χ1v) is 7.82. The summed E-state index contributed by atoms with van der Waals surface area (Å²) in [4.78, 5) is 9.05. The normalized spacial score (nSPS) is 11.1. The maximum Gasteiger partial charge on any atom is 0.192 e. The fourth-order valence-electron chi connectivity index (χ4n) is 1.83. The number of nitrogens with zero attached hydrogens (tertiary/aromatic N) is 2. The Balaban J connectivity index is 2.15. The predicted octanol–water partition coefficient (Wildman–Crippen LogP) is 3.82. The first-order chi connectivity index (χ1) is 10.1. The third-order valence-corrected chi connectivity index (χ3v) is 3.92. The smallest absolute Gasteiger partial charge is 0.192 e. The molecule has 0 aliphatic heterocycles. The van der Waals surface area contributed by atoms with E-state index in [0.717, 1.165) is 17.7 Å². The molecule has 2 aromatic rings. The second-order valence-electron chi connectivity index (χ2n) is 5.40. The SMILES string of the molecule is Cc1cnc(Sc2c(F)cccc2CNCC(C)C)nc1. The molecule has 1 heterocycles. The average molecular weight is 305 g/mol. The number of hydrogen-bond acceptors (Lipinski definition) is 4. The highest BCUT2D eigenvalue weighted by atomic mass is 32.2. The van der Waals surface area contributed by atoms with Crippen LogP contribution in [0.15, 0.2) is 40.6 Å². The van der Waals surface area contributed by atoms with Gasteiger partial charge in [0.1, 0.15) is 5.82 Å². The van der Waals surface area contributed by atoms with Gasteiger partial charge in [0.25, 0.3) is 0 Å². The molecule has 1 aromatic heterocycles. The highest BCUT2D eigenvalue weighted by molar-refractivity contribution is 7.99. The van der Waals surface area contributed by atoms with E-state index < -0.39 is 0 Å². The van der Waals surface area contributed by atoms with Crippen LogP contribution in [0.25, 0.3) is 0 Å². The van der Waals surface area contributed by atoms with Gasteiger partial charge in [-0.05, 0) is 48.3 Å². The van der Waals surface area contributed by atoms with Gasteiger partial charge in [-0.2, -0.15) is 0 Å². The second kappa shape index (κ2) is 7.52. The summed E-state index contributed by atoms with van der Waals surface area (Å²) in [6.07, 6.45) is 3.49. The first kappa shape index (κ1) is 15.9. The summed E-state index contributed by atoms with van der Waals surface area (Å²) in [5.74, 6) is 0.336. The van der Waals surface area contributed by atoms with Gasteiger partial charge >= 0.3 is 0 Å². The summed E-state index contributed by atoms with van der Waals surface area (Å²) in [7, 11) is 0. The van der Waals surface area contributed by atoms with Crippen molar-refractivity contribution in [2.45, 2.75) is 37.4 Å². The van der Waals surface area contributed by atoms with E-state index >= 15 is 0 Å². The van der Waals surface area contributed by atoms with E-state index in [0.29, 0.717) is 22.5 Å². The van der Waals surface area contributed by atoms with Gasteiger partial charge in [-0.1, -0.05) is 26.0 Å². The lowest BCUT2D eigenvalue weighted by atomic mass is 10.2. The lowest BCUT2D eigenvalue weighted by molar-refractivity contribution is 0.543. The van der Waals surface area contributed by atoms with Crippen LogP contribution in [-0.4, -0.2) is 16.5 Å². The summed E-state index contributed by atoms with van der Waals surface area (Å²) in [6, 6.07) is 5.15. The van der Waals surface area contributed by atoms with Crippen LogP contribution in [0.4, 0.5) is 4.39 Å². The lowest BCUT2D eigenvalue weighted by Crippen LogP contribution is -2.19. The van der Waals surface area contributed by atoms with E-state index in [9.17, 15) is 4.39 Å². The van der Waals surface area contributed by atoms with Crippen LogP contribution in [0.3, 0.4) is 0 Å². The van der Waals surface area contributed by atoms with Gasteiger partial charge < -0.3 is 5.32 Å². The molecule has 0 fully saturated rings. The number of aromatic nitrogens is 2. The van der Waals surface area contributed by atoms with E-state index in [-0.39, 0.29) is 5.82 Å². The number of nitrogens with one attached hydrogen (secondary N) is 1. The Labute approximate surface area is 129 Å². The molecule has 0 aliphatic carbocycles. The Morgan fingerprint density at radius 2 is 1.95 bits per heavy atom. The van der Waals surface area contributed by atoms with Gasteiger partial charge in [-0.3, -0.25) is 0 Å². The highest BCUT2D eigenvalue weighted by Crippen LogP contribution is 2.30. The fourth-order valence-corrected chi connectivity index (χ4v) is 2.66. The Morgan fingerprint density at radius 1 is 1.24 bits per heavy atom. The standard InChI is InChI=1S/C16H20FN3S/c1-11(2)7-18-10-13-5-4-6-14(17)15(13)21-16-19-8-12(3)9-20-16/h4-6,8-9,11,18H,7,10H2,1-3H3. The fraction of sp³-hybridized carbons (Fsp3) is 0.375. The van der Waals surface area contributed by atoms with Gasteiger partial charge in [0.05, 0.1) is 4.90 Å². The van der Waals surface area contributed by atoms with E-state index in [1.54, 1.807) is 18.5 Å². The molecule has 1 aromatic carbocycles. The minimum absolute atomic E-state index is 0.229. The van der Waals surface area contributed by atoms with Crippen molar-refractivity contribution >= 4 is 11.8 Å². The molecule has 0 amide bonds. The zero-order valence-electron chi connectivity index (χ0n) is 12.6. The summed E-state index contributed by atoms with van der Waals surface area (Å²) < 4.78 is 14.1. The van der Waals surface area contributed by atoms with Crippen molar-refractivity contribution in [3.63, 3.8) is 0 Å².